The summed E-state index contributed by atoms with van der Waals surface area (Å²) in [6.45, 7) is 2.94. The Balaban J connectivity index is 2.78. The molecule has 0 N–H and O–H groups in total. The summed E-state index contributed by atoms with van der Waals surface area (Å²) < 4.78 is 0. The summed E-state index contributed by atoms with van der Waals surface area (Å²) in [5.41, 5.74) is 0.705. The third-order valence-corrected chi connectivity index (χ3v) is 4.22. The minimum absolute atomic E-state index is 0.0269. The fraction of sp³-hybridized carbons (Fsp3) is 0.500. The van der Waals surface area contributed by atoms with Gasteiger partial charge in [-0.15, -0.1) is 0 Å². The molecular weight excluding hydrogens is 317 g/mol. The first-order valence-corrected chi connectivity index (χ1v) is 8.52. The number of halogens is 2. The van der Waals surface area contributed by atoms with Crippen LogP contribution < -0.4 is 0 Å². The second kappa shape index (κ2) is 10.0. The van der Waals surface area contributed by atoms with Crippen LogP contribution in [-0.2, 0) is 4.79 Å². The van der Waals surface area contributed by atoms with Crippen molar-refractivity contribution in [3.05, 3.63) is 39.9 Å². The molecule has 0 spiro atoms. The van der Waals surface area contributed by atoms with Gasteiger partial charge in [-0.25, -0.2) is 0 Å². The normalized spacial score (nSPS) is 13.0. The zero-order valence-corrected chi connectivity index (χ0v) is 15.1. The third-order valence-electron chi connectivity index (χ3n) is 3.56. The first-order chi connectivity index (χ1) is 10.5. The molecule has 0 aliphatic heterocycles. The number of ketones is 1. The van der Waals surface area contributed by atoms with Gasteiger partial charge in [0, 0.05) is 28.1 Å². The van der Waals surface area contributed by atoms with E-state index < -0.39 is 0 Å². The summed E-state index contributed by atoms with van der Waals surface area (Å²) >= 11 is 12.2. The van der Waals surface area contributed by atoms with Gasteiger partial charge in [0.1, 0.15) is 0 Å². The molecule has 2 nitrogen and oxygen atoms in total. The molecule has 0 aliphatic carbocycles. The monoisotopic (exact) mass is 341 g/mol. The Morgan fingerprint density at radius 3 is 2.41 bits per heavy atom. The average Bonchev–Trinajstić information content (AvgIpc) is 2.45. The van der Waals surface area contributed by atoms with E-state index in [9.17, 15) is 4.79 Å². The maximum Gasteiger partial charge on any atom is 0.160 e. The van der Waals surface area contributed by atoms with Gasteiger partial charge >= 0.3 is 0 Å². The number of hydrogen-bond acceptors (Lipinski definition) is 2. The van der Waals surface area contributed by atoms with Crippen molar-refractivity contribution in [3.8, 4) is 0 Å². The molecule has 1 aromatic carbocycles. The predicted octanol–water partition coefficient (Wildman–Crippen LogP) is 5.33. The maximum absolute atomic E-state index is 12.5. The van der Waals surface area contributed by atoms with Gasteiger partial charge in [0.25, 0.3) is 0 Å². The molecule has 122 valence electrons. The lowest BCUT2D eigenvalue weighted by atomic mass is 9.95. The highest BCUT2D eigenvalue weighted by Crippen LogP contribution is 2.25. The Morgan fingerprint density at radius 2 is 1.86 bits per heavy atom. The number of carbonyl (C=O) groups is 1. The number of unbranched alkanes of at least 4 members (excludes halogenated alkanes) is 2. The van der Waals surface area contributed by atoms with Crippen LogP contribution in [0.1, 0.15) is 38.2 Å². The summed E-state index contributed by atoms with van der Waals surface area (Å²) in [5.74, 6) is 0.167. The SMILES string of the molecule is CCCCCC(CN(C)C)C(=O)/C=C/c1c(Cl)cccc1Cl. The van der Waals surface area contributed by atoms with Crippen LogP contribution in [0.4, 0.5) is 0 Å². The van der Waals surface area contributed by atoms with E-state index in [2.05, 4.69) is 11.8 Å². The van der Waals surface area contributed by atoms with Crippen LogP contribution in [-0.4, -0.2) is 31.3 Å². The van der Waals surface area contributed by atoms with E-state index in [1.165, 1.54) is 0 Å². The van der Waals surface area contributed by atoms with E-state index >= 15 is 0 Å². The summed E-state index contributed by atoms with van der Waals surface area (Å²) in [6.07, 6.45) is 7.68. The molecule has 1 rings (SSSR count). The average molecular weight is 342 g/mol. The number of hydrogen-bond donors (Lipinski definition) is 0. The minimum Gasteiger partial charge on any atom is -0.309 e. The van der Waals surface area contributed by atoms with Gasteiger partial charge in [-0.05, 0) is 44.8 Å². The Morgan fingerprint density at radius 1 is 1.23 bits per heavy atom. The molecule has 0 aromatic heterocycles. The number of allylic oxidation sites excluding steroid dienone is 1. The van der Waals surface area contributed by atoms with Crippen LogP contribution in [0.2, 0.25) is 10.0 Å². The smallest absolute Gasteiger partial charge is 0.160 e. The molecule has 0 saturated carbocycles. The molecular formula is C18H25Cl2NO. The largest absolute Gasteiger partial charge is 0.309 e. The van der Waals surface area contributed by atoms with Crippen molar-refractivity contribution in [3.63, 3.8) is 0 Å². The number of carbonyl (C=O) groups excluding carboxylic acids is 1. The van der Waals surface area contributed by atoms with Crippen molar-refractivity contribution in [1.82, 2.24) is 4.90 Å². The molecule has 0 bridgehead atoms. The van der Waals surface area contributed by atoms with Crippen molar-refractivity contribution >= 4 is 35.1 Å². The molecule has 0 radical (unpaired) electrons. The quantitative estimate of drug-likeness (QED) is 0.446. The first kappa shape index (κ1) is 19.2. The summed E-state index contributed by atoms with van der Waals surface area (Å²) in [6, 6.07) is 5.34. The van der Waals surface area contributed by atoms with Gasteiger partial charge in [0.15, 0.2) is 5.78 Å². The van der Waals surface area contributed by atoms with Crippen LogP contribution in [0.5, 0.6) is 0 Å². The summed E-state index contributed by atoms with van der Waals surface area (Å²) in [5, 5.41) is 1.12. The number of rotatable bonds is 9. The molecule has 1 unspecified atom stereocenters. The van der Waals surface area contributed by atoms with E-state index in [4.69, 9.17) is 23.2 Å². The fourth-order valence-electron chi connectivity index (χ4n) is 2.38. The first-order valence-electron chi connectivity index (χ1n) is 7.76. The number of nitrogens with zero attached hydrogens (tertiary/aromatic N) is 1. The highest BCUT2D eigenvalue weighted by molar-refractivity contribution is 6.37. The molecule has 0 amide bonds. The Bertz CT molecular complexity index is 492. The van der Waals surface area contributed by atoms with Crippen LogP contribution in [0.3, 0.4) is 0 Å². The van der Waals surface area contributed by atoms with E-state index in [1.54, 1.807) is 30.4 Å². The van der Waals surface area contributed by atoms with Crippen molar-refractivity contribution in [2.75, 3.05) is 20.6 Å². The van der Waals surface area contributed by atoms with E-state index in [1.807, 2.05) is 14.1 Å². The van der Waals surface area contributed by atoms with Crippen molar-refractivity contribution in [1.29, 1.82) is 0 Å². The van der Waals surface area contributed by atoms with Crippen molar-refractivity contribution in [2.24, 2.45) is 5.92 Å². The second-order valence-corrected chi connectivity index (χ2v) is 6.64. The lowest BCUT2D eigenvalue weighted by molar-refractivity contribution is -0.118. The molecule has 0 heterocycles. The second-order valence-electron chi connectivity index (χ2n) is 5.83. The minimum atomic E-state index is 0.0269. The highest BCUT2D eigenvalue weighted by atomic mass is 35.5. The topological polar surface area (TPSA) is 20.3 Å². The molecule has 0 aliphatic rings. The van der Waals surface area contributed by atoms with Crippen LogP contribution >= 0.6 is 23.2 Å². The zero-order valence-electron chi connectivity index (χ0n) is 13.6. The van der Waals surface area contributed by atoms with Crippen LogP contribution in [0.25, 0.3) is 6.08 Å². The highest BCUT2D eigenvalue weighted by Gasteiger charge is 2.16. The molecule has 1 aromatic rings. The third kappa shape index (κ3) is 6.51. The lowest BCUT2D eigenvalue weighted by Crippen LogP contribution is -2.27. The standard InChI is InChI=1S/C18H25Cl2NO/c1-4-5-6-8-14(13-21(2)3)18(22)12-11-15-16(19)9-7-10-17(15)20/h7,9-12,14H,4-6,8,13H2,1-3H3/b12-11+. The van der Waals surface area contributed by atoms with Gasteiger partial charge < -0.3 is 4.90 Å². The van der Waals surface area contributed by atoms with Gasteiger partial charge in [0.05, 0.1) is 0 Å². The molecule has 1 atom stereocenters. The Kier molecular flexibility index (Phi) is 8.77. The molecule has 22 heavy (non-hydrogen) atoms. The predicted molar refractivity (Wildman–Crippen MR) is 96.7 cm³/mol. The number of benzene rings is 1. The van der Waals surface area contributed by atoms with Gasteiger partial charge in [-0.1, -0.05) is 55.5 Å². The summed E-state index contributed by atoms with van der Waals surface area (Å²) in [4.78, 5) is 14.5. The van der Waals surface area contributed by atoms with Gasteiger partial charge in [0.2, 0.25) is 0 Å². The van der Waals surface area contributed by atoms with Crippen molar-refractivity contribution in [2.45, 2.75) is 32.6 Å². The molecule has 0 fully saturated rings. The molecule has 0 saturated heterocycles. The van der Waals surface area contributed by atoms with Crippen LogP contribution in [0.15, 0.2) is 24.3 Å². The van der Waals surface area contributed by atoms with Crippen LogP contribution in [0, 0.1) is 5.92 Å². The Hall–Kier alpha value is -0.830. The van der Waals surface area contributed by atoms with E-state index in [-0.39, 0.29) is 11.7 Å². The van der Waals surface area contributed by atoms with Crippen molar-refractivity contribution < 1.29 is 4.79 Å². The van der Waals surface area contributed by atoms with E-state index in [0.717, 1.165) is 32.2 Å². The maximum atomic E-state index is 12.5. The molecule has 4 heteroatoms. The van der Waals surface area contributed by atoms with E-state index in [0.29, 0.717) is 15.6 Å². The lowest BCUT2D eigenvalue weighted by Gasteiger charge is -2.18. The summed E-state index contributed by atoms with van der Waals surface area (Å²) in [7, 11) is 3.99. The Labute approximate surface area is 144 Å². The van der Waals surface area contributed by atoms with Gasteiger partial charge in [-0.2, -0.15) is 0 Å². The van der Waals surface area contributed by atoms with Gasteiger partial charge in [-0.3, -0.25) is 4.79 Å². The fourth-order valence-corrected chi connectivity index (χ4v) is 2.90. The zero-order chi connectivity index (χ0) is 16.5.